The summed E-state index contributed by atoms with van der Waals surface area (Å²) in [5.41, 5.74) is 8.30. The van der Waals surface area contributed by atoms with Crippen LogP contribution in [0.25, 0.3) is 10.4 Å². The van der Waals surface area contributed by atoms with Crippen LogP contribution in [0.1, 0.15) is 0 Å². The van der Waals surface area contributed by atoms with Crippen LogP contribution >= 0.6 is 11.8 Å². The van der Waals surface area contributed by atoms with Gasteiger partial charge < -0.3 is 9.47 Å². The summed E-state index contributed by atoms with van der Waals surface area (Å²) in [6, 6.07) is -0.0371. The lowest BCUT2D eigenvalue weighted by Gasteiger charge is -2.19. The van der Waals surface area contributed by atoms with E-state index in [-0.39, 0.29) is 23.7 Å². The highest BCUT2D eigenvalue weighted by atomic mass is 32.2. The van der Waals surface area contributed by atoms with Gasteiger partial charge in [0, 0.05) is 17.8 Å². The quantitative estimate of drug-likeness (QED) is 0.370. The van der Waals surface area contributed by atoms with E-state index in [1.807, 2.05) is 0 Å². The van der Waals surface area contributed by atoms with Crippen LogP contribution in [0.3, 0.4) is 0 Å². The maximum Gasteiger partial charge on any atom is 0.169 e. The Morgan fingerprint density at radius 3 is 3.17 bits per heavy atom. The topological polar surface area (TPSA) is 67.2 Å². The molecule has 2 aliphatic rings. The maximum atomic E-state index is 8.30. The van der Waals surface area contributed by atoms with Crippen LogP contribution in [-0.2, 0) is 9.47 Å². The fourth-order valence-electron chi connectivity index (χ4n) is 1.61. The van der Waals surface area contributed by atoms with Crippen LogP contribution in [0.4, 0.5) is 0 Å². The molecule has 2 bridgehead atoms. The predicted molar refractivity (Wildman–Crippen MR) is 44.9 cm³/mol. The molecule has 0 aromatic heterocycles. The summed E-state index contributed by atoms with van der Waals surface area (Å²) < 4.78 is 10.6. The van der Waals surface area contributed by atoms with Gasteiger partial charge in [-0.1, -0.05) is 5.11 Å². The van der Waals surface area contributed by atoms with E-state index < -0.39 is 0 Å². The van der Waals surface area contributed by atoms with E-state index in [0.717, 1.165) is 5.75 Å². The van der Waals surface area contributed by atoms with E-state index in [1.54, 1.807) is 18.9 Å². The Labute approximate surface area is 74.0 Å². The summed E-state index contributed by atoms with van der Waals surface area (Å²) >= 11 is 1.76. The molecule has 0 aromatic rings. The average Bonchev–Trinajstić information content (AvgIpc) is 2.63. The minimum atomic E-state index is -0.191. The fraction of sp³-hybridized carbons (Fsp3) is 1.00. The Balaban J connectivity index is 2.13. The average molecular weight is 187 g/mol. The van der Waals surface area contributed by atoms with Gasteiger partial charge in [0.05, 0.1) is 17.4 Å². The second kappa shape index (κ2) is 3.14. The summed E-state index contributed by atoms with van der Waals surface area (Å²) in [6.07, 6.45) is -0.134. The first kappa shape index (κ1) is 8.19. The van der Waals surface area contributed by atoms with Gasteiger partial charge in [0.1, 0.15) is 0 Å². The summed E-state index contributed by atoms with van der Waals surface area (Å²) in [4.78, 5) is 2.80. The fourth-order valence-corrected chi connectivity index (χ4v) is 3.06. The highest BCUT2D eigenvalue weighted by molar-refractivity contribution is 8.00. The number of fused-ring (bicyclic) bond motifs is 2. The largest absolute Gasteiger partial charge is 0.355 e. The second-order valence-corrected chi connectivity index (χ2v) is 3.98. The molecular weight excluding hydrogens is 178 g/mol. The van der Waals surface area contributed by atoms with Gasteiger partial charge in [-0.3, -0.25) is 0 Å². The van der Waals surface area contributed by atoms with Crippen molar-refractivity contribution in [3.63, 3.8) is 0 Å². The summed E-state index contributed by atoms with van der Waals surface area (Å²) in [5, 5.41) is 3.89. The van der Waals surface area contributed by atoms with Gasteiger partial charge in [-0.15, -0.1) is 0 Å². The predicted octanol–water partition coefficient (Wildman–Crippen LogP) is 1.15. The number of hydrogen-bond acceptors (Lipinski definition) is 4. The second-order valence-electron chi connectivity index (χ2n) is 2.77. The zero-order valence-corrected chi connectivity index (χ0v) is 7.40. The number of ether oxygens (including phenoxy) is 2. The first-order valence-corrected chi connectivity index (χ1v) is 4.75. The summed E-state index contributed by atoms with van der Waals surface area (Å²) in [5.74, 6) is 0.911. The van der Waals surface area contributed by atoms with E-state index in [2.05, 4.69) is 10.0 Å². The minimum absolute atomic E-state index is 0.0371. The molecule has 0 aliphatic carbocycles. The van der Waals surface area contributed by atoms with Crippen molar-refractivity contribution in [3.8, 4) is 0 Å². The van der Waals surface area contributed by atoms with E-state index in [9.17, 15) is 0 Å². The van der Waals surface area contributed by atoms with Crippen LogP contribution in [0.2, 0.25) is 0 Å². The van der Waals surface area contributed by atoms with Crippen molar-refractivity contribution in [2.75, 3.05) is 12.9 Å². The van der Waals surface area contributed by atoms with E-state index in [1.165, 1.54) is 0 Å². The Morgan fingerprint density at radius 2 is 2.58 bits per heavy atom. The van der Waals surface area contributed by atoms with Crippen molar-refractivity contribution >= 4 is 11.8 Å². The first-order valence-electron chi connectivity index (χ1n) is 3.71. The van der Waals surface area contributed by atoms with Crippen molar-refractivity contribution in [1.29, 1.82) is 0 Å². The molecule has 6 heteroatoms. The Bertz CT molecular complexity index is 231. The van der Waals surface area contributed by atoms with Crippen molar-refractivity contribution in [2.24, 2.45) is 5.11 Å². The molecule has 0 spiro atoms. The van der Waals surface area contributed by atoms with Gasteiger partial charge in [-0.25, -0.2) is 0 Å². The third-order valence-electron chi connectivity index (χ3n) is 2.16. The number of nitrogens with zero attached hydrogens (tertiary/aromatic N) is 3. The highest BCUT2D eigenvalue weighted by Gasteiger charge is 2.50. The zero-order valence-electron chi connectivity index (χ0n) is 6.58. The Hall–Kier alpha value is -0.420. The first-order chi connectivity index (χ1) is 5.86. The number of hydrogen-bond donors (Lipinski definition) is 0. The number of rotatable bonds is 2. The van der Waals surface area contributed by atoms with E-state index in [4.69, 9.17) is 15.0 Å². The summed E-state index contributed by atoms with van der Waals surface area (Å²) in [6.45, 7) is 0. The Morgan fingerprint density at radius 1 is 1.75 bits per heavy atom. The van der Waals surface area contributed by atoms with Gasteiger partial charge in [0.15, 0.2) is 6.29 Å². The number of thioether (sulfide) groups is 1. The van der Waals surface area contributed by atoms with E-state index in [0.29, 0.717) is 0 Å². The molecule has 0 aromatic carbocycles. The summed E-state index contributed by atoms with van der Waals surface area (Å²) in [7, 11) is 1.61. The van der Waals surface area contributed by atoms with Gasteiger partial charge in [-0.05, 0) is 5.53 Å². The number of azide groups is 1. The molecule has 0 amide bonds. The lowest BCUT2D eigenvalue weighted by Crippen LogP contribution is -2.25. The molecule has 4 atom stereocenters. The molecule has 66 valence electrons. The van der Waals surface area contributed by atoms with Crippen LogP contribution in [-0.4, -0.2) is 36.5 Å². The lowest BCUT2D eigenvalue weighted by molar-refractivity contribution is -0.111. The molecule has 0 radical (unpaired) electrons. The lowest BCUT2D eigenvalue weighted by atomic mass is 10.2. The SMILES string of the molecule is CO[C@H]1O[C@@H]2CS[C@H]1[C@H]2N=[N+]=[N-]. The van der Waals surface area contributed by atoms with Crippen LogP contribution in [0, 0.1) is 0 Å². The van der Waals surface area contributed by atoms with Crippen molar-refractivity contribution in [3.05, 3.63) is 10.4 Å². The maximum absolute atomic E-state index is 8.30. The number of methoxy groups -OCH3 is 1. The van der Waals surface area contributed by atoms with Gasteiger partial charge in [-0.2, -0.15) is 11.8 Å². The van der Waals surface area contributed by atoms with Crippen LogP contribution in [0.5, 0.6) is 0 Å². The monoisotopic (exact) mass is 187 g/mol. The van der Waals surface area contributed by atoms with Gasteiger partial charge in [0.25, 0.3) is 0 Å². The van der Waals surface area contributed by atoms with Crippen LogP contribution < -0.4 is 0 Å². The minimum Gasteiger partial charge on any atom is -0.355 e. The van der Waals surface area contributed by atoms with Crippen molar-refractivity contribution < 1.29 is 9.47 Å². The molecule has 2 heterocycles. The highest BCUT2D eigenvalue weighted by Crippen LogP contribution is 2.42. The molecule has 2 fully saturated rings. The van der Waals surface area contributed by atoms with Crippen molar-refractivity contribution in [1.82, 2.24) is 0 Å². The zero-order chi connectivity index (χ0) is 8.55. The molecule has 0 saturated carbocycles. The van der Waals surface area contributed by atoms with E-state index >= 15 is 0 Å². The molecule has 0 unspecified atom stereocenters. The molecule has 2 rings (SSSR count). The third-order valence-corrected chi connectivity index (χ3v) is 3.57. The Kier molecular flexibility index (Phi) is 2.14. The normalized spacial score (nSPS) is 44.4. The molecule has 12 heavy (non-hydrogen) atoms. The van der Waals surface area contributed by atoms with Crippen molar-refractivity contribution in [2.45, 2.75) is 23.7 Å². The van der Waals surface area contributed by atoms with Gasteiger partial charge in [0.2, 0.25) is 0 Å². The third kappa shape index (κ3) is 1.08. The van der Waals surface area contributed by atoms with Gasteiger partial charge >= 0.3 is 0 Å². The standard InChI is InChI=1S/C6H9N3O2S/c1-10-6-5-4(8-9-7)3(11-6)2-12-5/h3-6H,2H2,1H3/t3-,4+,5+,6+/m1/s1. The smallest absolute Gasteiger partial charge is 0.169 e. The van der Waals surface area contributed by atoms with Crippen LogP contribution in [0.15, 0.2) is 5.11 Å². The molecule has 0 N–H and O–H groups in total. The molecule has 2 saturated heterocycles. The molecular formula is C6H9N3O2S. The molecule has 5 nitrogen and oxygen atoms in total. The molecule has 2 aliphatic heterocycles.